The van der Waals surface area contributed by atoms with E-state index in [-0.39, 0.29) is 59.5 Å². The number of unbranched alkanes of at least 4 members (excludes halogenated alkanes) is 8. The number of nitrogen functional groups attached to an aromatic ring is 1. The fourth-order valence-corrected chi connectivity index (χ4v) is 10.4. The summed E-state index contributed by atoms with van der Waals surface area (Å²) in [6, 6.07) is 2.80. The molecule has 426 valence electrons. The molecule has 0 radical (unpaired) electrons. The zero-order valence-electron chi connectivity index (χ0n) is 41.1. The molecule has 31 nitrogen and oxygen atoms in total. The monoisotopic (exact) mass is 1270 g/mol. The Kier molecular flexibility index (Phi) is 27.4. The van der Waals surface area contributed by atoms with Gasteiger partial charge in [-0.1, -0.05) is 63.9 Å². The standard InChI is InChI=1S/C21H36N7O16P3S.C19H27IN4O4/c1-21(2,16(31)19(32)24-4-3-12(29)23-5-6-48)8-41-47(38,39)44-46(36,37)40-7-11-15(43-45(33,34)35)14(30)20(42-11)28-10-27-13-17(22)25-9-26-18(13)28;20-15-12-14(17(25)13-16(15)23-24-21)19(28)22-11-9-7-5-3-1-2-4-6-8-10-18(26)27/h9-11,14-16,20,30-31,48H,3-8H2,1-2H3,(H,23,29)(H,24,32)(H,36,37)(H,38,39)(H2,22,25,26)(H2,33,34,35);12-13,25H,1-11H2,(H,22,28)(H,26,27)/t11-,14-,15-,16+,20-;/m1./s1. The van der Waals surface area contributed by atoms with Crippen LogP contribution in [0.3, 0.4) is 0 Å². The molecule has 0 spiro atoms. The van der Waals surface area contributed by atoms with Gasteiger partial charge in [0.15, 0.2) is 17.7 Å². The average molecular weight is 1270 g/mol. The number of thiol groups is 1. The molecule has 7 atom stereocenters. The number of carboxylic acids is 1. The van der Waals surface area contributed by atoms with E-state index in [1.54, 1.807) is 0 Å². The van der Waals surface area contributed by atoms with Crippen LogP contribution in [0, 0.1) is 8.99 Å². The van der Waals surface area contributed by atoms with Crippen molar-refractivity contribution in [2.45, 2.75) is 115 Å². The predicted molar refractivity (Wildman–Crippen MR) is 279 cm³/mol. The van der Waals surface area contributed by atoms with Gasteiger partial charge < -0.3 is 66.4 Å². The lowest BCUT2D eigenvalue weighted by molar-refractivity contribution is -0.137. The number of nitrogens with two attached hydrogens (primary N) is 1. The van der Waals surface area contributed by atoms with Crippen LogP contribution in [0.1, 0.15) is 101 Å². The number of fused-ring (bicyclic) bond motifs is 1. The molecule has 3 heterocycles. The molecule has 13 N–H and O–H groups in total. The Morgan fingerprint density at radius 1 is 0.934 bits per heavy atom. The third kappa shape index (κ3) is 22.7. The minimum absolute atomic E-state index is 0.0363. The third-order valence-corrected chi connectivity index (χ3v) is 15.0. The Hall–Kier alpha value is -4.11. The highest BCUT2D eigenvalue weighted by atomic mass is 127. The van der Waals surface area contributed by atoms with E-state index in [1.165, 1.54) is 26.0 Å². The second-order valence-corrected chi connectivity index (χ2v) is 23.2. The number of nitrogens with zero attached hydrogens (tertiary/aromatic N) is 7. The molecule has 1 aliphatic rings. The number of aromatic hydroxyl groups is 1. The Balaban J connectivity index is 0.000000462. The number of phosphoric ester groups is 3. The molecule has 76 heavy (non-hydrogen) atoms. The van der Waals surface area contributed by atoms with Crippen molar-refractivity contribution in [3.63, 3.8) is 0 Å². The summed E-state index contributed by atoms with van der Waals surface area (Å²) in [6.07, 6.45) is 2.80. The number of imidazole rings is 1. The Labute approximate surface area is 454 Å². The first-order chi connectivity index (χ1) is 35.6. The molecule has 0 bridgehead atoms. The molecule has 4 rings (SSSR count). The van der Waals surface area contributed by atoms with Gasteiger partial charge in [0.25, 0.3) is 5.91 Å². The van der Waals surface area contributed by atoms with E-state index in [9.17, 15) is 67.8 Å². The third-order valence-electron chi connectivity index (χ3n) is 10.8. The van der Waals surface area contributed by atoms with E-state index in [0.717, 1.165) is 75.0 Å². The molecule has 2 unspecified atom stereocenters. The van der Waals surface area contributed by atoms with Crippen LogP contribution in [0.25, 0.3) is 21.6 Å². The van der Waals surface area contributed by atoms with Gasteiger partial charge in [-0.2, -0.15) is 16.9 Å². The van der Waals surface area contributed by atoms with Gasteiger partial charge in [-0.05, 0) is 53.1 Å². The molecule has 1 saturated heterocycles. The fourth-order valence-electron chi connectivity index (χ4n) is 6.93. The molecular weight excluding hydrogens is 1210 g/mol. The fraction of sp³-hybridized carbons (Fsp3) is 0.625. The Morgan fingerprint density at radius 2 is 1.57 bits per heavy atom. The van der Waals surface area contributed by atoms with Crippen molar-refractivity contribution in [1.82, 2.24) is 35.5 Å². The molecule has 0 aliphatic carbocycles. The van der Waals surface area contributed by atoms with Gasteiger partial charge in [-0.25, -0.2) is 28.6 Å². The number of halogens is 1. The van der Waals surface area contributed by atoms with Gasteiger partial charge in [-0.3, -0.25) is 37.3 Å². The Morgan fingerprint density at radius 3 is 2.18 bits per heavy atom. The van der Waals surface area contributed by atoms with Crippen molar-refractivity contribution in [2.24, 2.45) is 10.5 Å². The average Bonchev–Trinajstić information content (AvgIpc) is 3.90. The summed E-state index contributed by atoms with van der Waals surface area (Å²) in [6.45, 7) is 1.27. The molecule has 1 aromatic carbocycles. The number of amides is 3. The topological polar surface area (TPSA) is 482 Å². The van der Waals surface area contributed by atoms with Crippen LogP contribution >= 0.6 is 58.7 Å². The van der Waals surface area contributed by atoms with Crippen molar-refractivity contribution >= 4 is 105 Å². The zero-order chi connectivity index (χ0) is 56.9. The number of carboxylic acid groups (broad SMARTS) is 1. The number of aliphatic hydroxyl groups excluding tert-OH is 2. The van der Waals surface area contributed by atoms with Crippen LogP contribution in [0.2, 0.25) is 0 Å². The summed E-state index contributed by atoms with van der Waals surface area (Å²) in [4.78, 5) is 99.9. The second kappa shape index (κ2) is 31.5. The first kappa shape index (κ1) is 66.2. The summed E-state index contributed by atoms with van der Waals surface area (Å²) in [5.74, 6) is -2.21. The SMILES string of the molecule is CC(C)(COP(=O)(O)OP(=O)(O)OC[C@H]1O[C@@H](n2cnc3c(N)ncnc32)[C@H](O)[C@@H]1OP(=O)(O)O)[C@@H](O)C(=O)NCCC(=O)NCCS.[N-]=[N+]=Nc1cc(O)c(C(=O)NCCCCCCCCCCCC(=O)O)cc1I. The minimum Gasteiger partial charge on any atom is -0.507 e. The smallest absolute Gasteiger partial charge is 0.481 e. The number of phenolic OH excluding ortho intramolecular Hbond substituents is 1. The molecule has 1 fully saturated rings. The summed E-state index contributed by atoms with van der Waals surface area (Å²) in [5, 5.41) is 50.8. The first-order valence-electron chi connectivity index (χ1n) is 23.2. The number of phenols is 1. The highest BCUT2D eigenvalue weighted by molar-refractivity contribution is 14.1. The van der Waals surface area contributed by atoms with E-state index < -0.39 is 84.6 Å². The van der Waals surface area contributed by atoms with E-state index in [0.29, 0.717) is 28.1 Å². The number of benzene rings is 1. The van der Waals surface area contributed by atoms with E-state index >= 15 is 0 Å². The lowest BCUT2D eigenvalue weighted by Gasteiger charge is -2.30. The number of ether oxygens (including phenoxy) is 1. The lowest BCUT2D eigenvalue weighted by Crippen LogP contribution is -2.46. The van der Waals surface area contributed by atoms with Crippen LogP contribution in [0.4, 0.5) is 11.5 Å². The number of rotatable bonds is 32. The molecule has 36 heteroatoms. The number of aromatic nitrogens is 4. The zero-order valence-corrected chi connectivity index (χ0v) is 46.8. The van der Waals surface area contributed by atoms with Gasteiger partial charge in [0, 0.05) is 52.1 Å². The quantitative estimate of drug-likeness (QED) is 0.00799. The molecule has 1 aliphatic heterocycles. The first-order valence-corrected chi connectivity index (χ1v) is 29.4. The van der Waals surface area contributed by atoms with E-state index in [2.05, 4.69) is 62.4 Å². The van der Waals surface area contributed by atoms with Crippen LogP contribution in [0.15, 0.2) is 29.9 Å². The number of carbonyl (C=O) groups is 4. The van der Waals surface area contributed by atoms with Crippen molar-refractivity contribution in [1.29, 1.82) is 0 Å². The highest BCUT2D eigenvalue weighted by Gasteiger charge is 2.50. The number of phosphoric acid groups is 3. The maximum atomic E-state index is 12.6. The number of hydrogen-bond acceptors (Lipinski definition) is 21. The van der Waals surface area contributed by atoms with Gasteiger partial charge in [0.1, 0.15) is 42.0 Å². The largest absolute Gasteiger partial charge is 0.507 e. The number of carbonyl (C=O) groups excluding carboxylic acids is 3. The van der Waals surface area contributed by atoms with Crippen LogP contribution in [0.5, 0.6) is 5.75 Å². The van der Waals surface area contributed by atoms with E-state index in [4.69, 9.17) is 30.2 Å². The number of nitrogens with one attached hydrogen (secondary N) is 3. The van der Waals surface area contributed by atoms with E-state index in [1.807, 2.05) is 22.6 Å². The summed E-state index contributed by atoms with van der Waals surface area (Å²) >= 11 is 5.90. The van der Waals surface area contributed by atoms with Gasteiger partial charge >= 0.3 is 29.4 Å². The predicted octanol–water partition coefficient (Wildman–Crippen LogP) is 3.99. The van der Waals surface area contributed by atoms with Crippen LogP contribution in [-0.4, -0.2) is 146 Å². The summed E-state index contributed by atoms with van der Waals surface area (Å²) in [7, 11) is -16.3. The lowest BCUT2D eigenvalue weighted by atomic mass is 9.87. The maximum absolute atomic E-state index is 12.6. The number of aliphatic carboxylic acids is 1. The number of azide groups is 1. The molecule has 0 saturated carbocycles. The maximum Gasteiger partial charge on any atom is 0.481 e. The van der Waals surface area contributed by atoms with Gasteiger partial charge in [0.05, 0.1) is 30.8 Å². The van der Waals surface area contributed by atoms with Crippen molar-refractivity contribution < 1.29 is 95.5 Å². The highest BCUT2D eigenvalue weighted by Crippen LogP contribution is 2.61. The molecular formula is C40H63IN11O20P3S. The Bertz CT molecular complexity index is 2630. The second-order valence-electron chi connectivity index (χ2n) is 17.4. The summed E-state index contributed by atoms with van der Waals surface area (Å²) in [5.41, 5.74) is 13.2. The number of anilines is 1. The molecule has 2 aromatic heterocycles. The van der Waals surface area contributed by atoms with Crippen LogP contribution < -0.4 is 21.7 Å². The van der Waals surface area contributed by atoms with Gasteiger partial charge in [-0.15, -0.1) is 0 Å². The van der Waals surface area contributed by atoms with Crippen molar-refractivity contribution in [2.75, 3.05) is 44.3 Å². The molecule has 3 aromatic rings. The number of aliphatic hydroxyl groups is 2. The number of hydrogen-bond donors (Lipinski definition) is 13. The van der Waals surface area contributed by atoms with Crippen molar-refractivity contribution in [3.8, 4) is 5.75 Å². The normalized spacial score (nSPS) is 18.6. The van der Waals surface area contributed by atoms with Crippen molar-refractivity contribution in [3.05, 3.63) is 44.4 Å². The molecule has 3 amide bonds. The minimum atomic E-state index is -5.54. The van der Waals surface area contributed by atoms with Gasteiger partial charge in [0.2, 0.25) is 11.8 Å². The van der Waals surface area contributed by atoms with Crippen LogP contribution in [-0.2, 0) is 50.7 Å². The summed E-state index contributed by atoms with van der Waals surface area (Å²) < 4.78 is 62.3.